The maximum Gasteiger partial charge on any atom is 0.254 e. The molecule has 0 radical (unpaired) electrons. The van der Waals surface area contributed by atoms with Crippen molar-refractivity contribution in [2.45, 2.75) is 38.8 Å². The topological polar surface area (TPSA) is 109 Å². The van der Waals surface area contributed by atoms with E-state index >= 15 is 0 Å². The summed E-state index contributed by atoms with van der Waals surface area (Å²) in [7, 11) is 0. The fourth-order valence-corrected chi connectivity index (χ4v) is 4.93. The van der Waals surface area contributed by atoms with Gasteiger partial charge in [0.2, 0.25) is 11.3 Å². The van der Waals surface area contributed by atoms with E-state index in [1.54, 1.807) is 0 Å². The van der Waals surface area contributed by atoms with Gasteiger partial charge in [0.05, 0.1) is 5.52 Å². The summed E-state index contributed by atoms with van der Waals surface area (Å²) in [6, 6.07) is 22.7. The number of nitrogens with one attached hydrogen (secondary N) is 3. The molecular weight excluding hydrogens is 474 g/mol. The summed E-state index contributed by atoms with van der Waals surface area (Å²) in [6.07, 6.45) is 2.37. The molecule has 0 aliphatic heterocycles. The summed E-state index contributed by atoms with van der Waals surface area (Å²) in [6.45, 7) is 3.10. The average molecular weight is 502 g/mol. The van der Waals surface area contributed by atoms with Crippen LogP contribution in [0.1, 0.15) is 41.3 Å². The van der Waals surface area contributed by atoms with Gasteiger partial charge in [0.15, 0.2) is 5.82 Å². The summed E-state index contributed by atoms with van der Waals surface area (Å²) in [5.41, 5.74) is 9.15. The summed E-state index contributed by atoms with van der Waals surface area (Å²) >= 11 is -2.13. The van der Waals surface area contributed by atoms with Crippen molar-refractivity contribution in [2.75, 3.05) is 5.32 Å². The second-order valence-electron chi connectivity index (χ2n) is 9.10. The van der Waals surface area contributed by atoms with Gasteiger partial charge in [-0.05, 0) is 55.2 Å². The van der Waals surface area contributed by atoms with Gasteiger partial charge in [0.1, 0.15) is 5.52 Å². The Labute approximate surface area is 210 Å². The van der Waals surface area contributed by atoms with Crippen LogP contribution in [-0.2, 0) is 24.4 Å². The van der Waals surface area contributed by atoms with Crippen LogP contribution in [0, 0.1) is 6.92 Å². The Morgan fingerprint density at radius 1 is 1.03 bits per heavy atom. The molecule has 1 unspecified atom stereocenters. The number of hydrogen-bond acceptors (Lipinski definition) is 5. The third-order valence-electron chi connectivity index (χ3n) is 6.59. The first-order valence-electron chi connectivity index (χ1n) is 12.0. The van der Waals surface area contributed by atoms with Crippen molar-refractivity contribution in [1.82, 2.24) is 29.4 Å². The van der Waals surface area contributed by atoms with Gasteiger partial charge in [-0.2, -0.15) is 9.82 Å². The highest BCUT2D eigenvalue weighted by Gasteiger charge is 2.28. The predicted octanol–water partition coefficient (Wildman–Crippen LogP) is 4.20. The van der Waals surface area contributed by atoms with Crippen LogP contribution in [0.15, 0.2) is 66.7 Å². The van der Waals surface area contributed by atoms with Crippen LogP contribution in [0.5, 0.6) is 0 Å². The summed E-state index contributed by atoms with van der Waals surface area (Å²) in [4.78, 5) is 7.32. The molecule has 10 heteroatoms. The van der Waals surface area contributed by atoms with Gasteiger partial charge in [-0.1, -0.05) is 42.5 Å². The lowest BCUT2D eigenvalue weighted by Crippen LogP contribution is -2.32. The van der Waals surface area contributed by atoms with Crippen LogP contribution in [0.2, 0.25) is 0 Å². The van der Waals surface area contributed by atoms with Gasteiger partial charge < -0.3 is 5.32 Å². The Morgan fingerprint density at radius 2 is 1.86 bits per heavy atom. The minimum Gasteiger partial charge on any atom is -0.364 e. The van der Waals surface area contributed by atoms with Crippen LogP contribution in [-0.4, -0.2) is 27.9 Å². The Kier molecular flexibility index (Phi) is 6.02. The molecule has 1 atom stereocenters. The normalized spacial score (nSPS) is 14.5. The van der Waals surface area contributed by atoms with E-state index in [1.807, 2.05) is 47.8 Å². The highest BCUT2D eigenvalue weighted by molar-refractivity contribution is 7.77. The third-order valence-corrected chi connectivity index (χ3v) is 6.90. The minimum absolute atomic E-state index is 0.389. The van der Waals surface area contributed by atoms with E-state index in [-0.39, 0.29) is 0 Å². The van der Waals surface area contributed by atoms with Gasteiger partial charge in [-0.25, -0.2) is 14.2 Å². The van der Waals surface area contributed by atoms with Gasteiger partial charge in [-0.3, -0.25) is 9.12 Å². The van der Waals surface area contributed by atoms with Gasteiger partial charge in [-0.15, -0.1) is 5.10 Å². The maximum absolute atomic E-state index is 10.9. The Balaban J connectivity index is 1.44. The predicted molar refractivity (Wildman–Crippen MR) is 141 cm³/mol. The highest BCUT2D eigenvalue weighted by Crippen LogP contribution is 2.41. The Bertz CT molecular complexity index is 1570. The van der Waals surface area contributed by atoms with E-state index in [4.69, 9.17) is 14.6 Å². The van der Waals surface area contributed by atoms with Crippen LogP contribution in [0.25, 0.3) is 22.4 Å². The van der Waals surface area contributed by atoms with Gasteiger partial charge in [0.25, 0.3) is 5.95 Å². The molecule has 3 heterocycles. The van der Waals surface area contributed by atoms with Crippen LogP contribution < -0.4 is 15.6 Å². The summed E-state index contributed by atoms with van der Waals surface area (Å²) in [5.74, 6) is 1.94. The maximum atomic E-state index is 10.9. The Hall–Kier alpha value is -3.57. The molecule has 0 spiro atoms. The van der Waals surface area contributed by atoms with Gasteiger partial charge >= 0.3 is 0 Å². The van der Waals surface area contributed by atoms with Crippen molar-refractivity contribution in [2.24, 2.45) is 0 Å². The minimum atomic E-state index is -2.13. The molecule has 1 saturated carbocycles. The van der Waals surface area contributed by atoms with Crippen LogP contribution in [0.3, 0.4) is 0 Å². The Morgan fingerprint density at radius 3 is 2.64 bits per heavy atom. The van der Waals surface area contributed by atoms with Crippen molar-refractivity contribution < 1.29 is 8.76 Å². The van der Waals surface area contributed by atoms with Crippen LogP contribution >= 0.6 is 0 Å². The largest absolute Gasteiger partial charge is 0.364 e. The molecule has 2 aromatic carbocycles. The fraction of sp³-hybridized carbons (Fsp3) is 0.231. The first kappa shape index (κ1) is 22.9. The number of rotatable bonds is 9. The molecule has 3 aromatic heterocycles. The van der Waals surface area contributed by atoms with Crippen molar-refractivity contribution in [3.8, 4) is 5.95 Å². The van der Waals surface area contributed by atoms with E-state index in [0.717, 1.165) is 33.5 Å². The molecule has 1 aliphatic carbocycles. The number of fused-ring (bicyclic) bond motifs is 2. The molecule has 0 saturated heterocycles. The molecule has 0 bridgehead atoms. The van der Waals surface area contributed by atoms with E-state index in [9.17, 15) is 4.21 Å². The number of anilines is 1. The smallest absolute Gasteiger partial charge is 0.254 e. The molecular formula is C26H27N7O2S. The number of hydrazine groups is 1. The SMILES string of the molecule is Cc1cc2c(CNNS(=O)O)cccc2n1-c1nc(NCc2ccccc2)c2ccc(C3CC3)n2n1. The van der Waals surface area contributed by atoms with Crippen molar-refractivity contribution in [3.05, 3.63) is 89.2 Å². The summed E-state index contributed by atoms with van der Waals surface area (Å²) < 4.78 is 24.0. The second kappa shape index (κ2) is 9.47. The van der Waals surface area contributed by atoms with Crippen molar-refractivity contribution in [1.29, 1.82) is 0 Å². The molecule has 5 aromatic rings. The lowest BCUT2D eigenvalue weighted by Gasteiger charge is -2.13. The highest BCUT2D eigenvalue weighted by atomic mass is 32.2. The number of benzene rings is 2. The molecule has 0 amide bonds. The molecule has 9 nitrogen and oxygen atoms in total. The molecule has 6 rings (SSSR count). The molecule has 1 aliphatic rings. The third kappa shape index (κ3) is 4.40. The lowest BCUT2D eigenvalue weighted by atomic mass is 10.1. The summed E-state index contributed by atoms with van der Waals surface area (Å²) in [5, 5.41) is 9.58. The number of hydrogen-bond donors (Lipinski definition) is 4. The standard InChI is InChI=1S/C26H27N7O2S/c1-17-14-21-20(16-28-31-36(34)35)8-5-9-23(21)32(17)26-29-25(27-15-18-6-3-2-4-7-18)24-13-12-22(19-10-11-19)33(24)30-26/h2-9,12-14,19,28,31H,10-11,15-16H2,1H3,(H,34,35)(H,27,29,30). The molecule has 184 valence electrons. The number of nitrogens with zero attached hydrogens (tertiary/aromatic N) is 4. The lowest BCUT2D eigenvalue weighted by molar-refractivity contribution is 0.526. The van der Waals surface area contributed by atoms with Crippen molar-refractivity contribution in [3.63, 3.8) is 0 Å². The number of aromatic nitrogens is 4. The zero-order valence-electron chi connectivity index (χ0n) is 19.8. The molecule has 4 N–H and O–H groups in total. The molecule has 1 fully saturated rings. The van der Waals surface area contributed by atoms with E-state index in [1.165, 1.54) is 24.1 Å². The first-order valence-corrected chi connectivity index (χ1v) is 13.1. The zero-order chi connectivity index (χ0) is 24.6. The van der Waals surface area contributed by atoms with Gasteiger partial charge in [0, 0.05) is 35.8 Å². The molecule has 36 heavy (non-hydrogen) atoms. The average Bonchev–Trinajstić information content (AvgIpc) is 3.53. The van der Waals surface area contributed by atoms with Crippen molar-refractivity contribution >= 4 is 33.5 Å². The van der Waals surface area contributed by atoms with E-state index < -0.39 is 11.3 Å². The van der Waals surface area contributed by atoms with E-state index in [2.05, 4.69) is 50.5 Å². The zero-order valence-corrected chi connectivity index (χ0v) is 20.6. The monoisotopic (exact) mass is 501 g/mol. The second-order valence-corrected chi connectivity index (χ2v) is 9.81. The van der Waals surface area contributed by atoms with E-state index in [0.29, 0.717) is 25.0 Å². The first-order chi connectivity index (χ1) is 17.6. The quantitative estimate of drug-likeness (QED) is 0.178. The fourth-order valence-electron chi connectivity index (χ4n) is 4.74. The number of aryl methyl sites for hydroxylation is 1. The van der Waals surface area contributed by atoms with Crippen LogP contribution in [0.4, 0.5) is 5.82 Å².